The summed E-state index contributed by atoms with van der Waals surface area (Å²) in [6.07, 6.45) is 3.13. The van der Waals surface area contributed by atoms with Crippen molar-refractivity contribution in [2.24, 2.45) is 5.73 Å². The average Bonchev–Trinajstić information content (AvgIpc) is 3.33. The van der Waals surface area contributed by atoms with E-state index in [0.29, 0.717) is 23.7 Å². The molecule has 0 spiro atoms. The molecule has 3 heterocycles. The van der Waals surface area contributed by atoms with Gasteiger partial charge in [-0.25, -0.2) is 9.97 Å². The van der Waals surface area contributed by atoms with Gasteiger partial charge in [0.05, 0.1) is 5.69 Å². The molecule has 6 rings (SSSR count). The van der Waals surface area contributed by atoms with Gasteiger partial charge in [-0.3, -0.25) is 9.78 Å². The molecule has 0 radical (unpaired) electrons. The fourth-order valence-corrected chi connectivity index (χ4v) is 4.18. The number of carbonyl (C=O) groups is 1. The molecule has 180 valence electrons. The summed E-state index contributed by atoms with van der Waals surface area (Å²) in [4.78, 5) is 25.5. The number of anilines is 3. The third-order valence-corrected chi connectivity index (χ3v) is 6.06. The van der Waals surface area contributed by atoms with Gasteiger partial charge >= 0.3 is 0 Å². The van der Waals surface area contributed by atoms with Gasteiger partial charge in [-0.05, 0) is 48.0 Å². The highest BCUT2D eigenvalue weighted by Crippen LogP contribution is 2.35. The highest BCUT2D eigenvalue weighted by molar-refractivity contribution is 6.09. The molecule has 6 aromatic rings. The molecule has 8 nitrogen and oxygen atoms in total. The molecule has 1 amide bonds. The number of furan rings is 1. The van der Waals surface area contributed by atoms with E-state index in [1.54, 1.807) is 18.3 Å². The molecule has 0 aliphatic carbocycles. The van der Waals surface area contributed by atoms with Crippen LogP contribution in [0.25, 0.3) is 33.2 Å². The first-order valence-corrected chi connectivity index (χ1v) is 11.7. The summed E-state index contributed by atoms with van der Waals surface area (Å²) in [6.45, 7) is 0.382. The second-order valence-electron chi connectivity index (χ2n) is 8.48. The predicted molar refractivity (Wildman–Crippen MR) is 145 cm³/mol. The number of para-hydroxylation sites is 2. The number of hydrogen-bond acceptors (Lipinski definition) is 7. The van der Waals surface area contributed by atoms with Crippen molar-refractivity contribution in [2.45, 2.75) is 6.54 Å². The van der Waals surface area contributed by atoms with E-state index < -0.39 is 0 Å². The van der Waals surface area contributed by atoms with Gasteiger partial charge < -0.3 is 20.8 Å². The molecule has 0 atom stereocenters. The normalized spacial score (nSPS) is 11.1. The fraction of sp³-hybridized carbons (Fsp3) is 0.0345. The lowest BCUT2D eigenvalue weighted by atomic mass is 10.1. The van der Waals surface area contributed by atoms with Crippen LogP contribution in [0.3, 0.4) is 0 Å². The highest BCUT2D eigenvalue weighted by Gasteiger charge is 2.13. The third kappa shape index (κ3) is 4.49. The van der Waals surface area contributed by atoms with Crippen molar-refractivity contribution in [3.8, 4) is 11.3 Å². The lowest BCUT2D eigenvalue weighted by Gasteiger charge is -2.09. The quantitative estimate of drug-likeness (QED) is 0.268. The van der Waals surface area contributed by atoms with E-state index in [1.165, 1.54) is 6.33 Å². The largest absolute Gasteiger partial charge is 0.455 e. The van der Waals surface area contributed by atoms with Crippen LogP contribution >= 0.6 is 0 Å². The van der Waals surface area contributed by atoms with Crippen LogP contribution in [-0.4, -0.2) is 20.9 Å². The van der Waals surface area contributed by atoms with E-state index in [1.807, 2.05) is 60.7 Å². The molecule has 0 saturated heterocycles. The summed E-state index contributed by atoms with van der Waals surface area (Å²) in [6, 6.07) is 26.7. The van der Waals surface area contributed by atoms with Crippen molar-refractivity contribution in [1.29, 1.82) is 0 Å². The van der Waals surface area contributed by atoms with Gasteiger partial charge in [-0.15, -0.1) is 0 Å². The SMILES string of the molecule is NCc1ccc(C(=O)Nc2ccc(Nc3cc(-c4cccc5c4oc4ccccc45)ncn3)cc2)nc1. The summed E-state index contributed by atoms with van der Waals surface area (Å²) >= 11 is 0. The number of benzene rings is 3. The van der Waals surface area contributed by atoms with Crippen LogP contribution in [0, 0.1) is 0 Å². The lowest BCUT2D eigenvalue weighted by Crippen LogP contribution is -2.14. The zero-order valence-electron chi connectivity index (χ0n) is 19.7. The molecule has 8 heteroatoms. The van der Waals surface area contributed by atoms with E-state index >= 15 is 0 Å². The van der Waals surface area contributed by atoms with Gasteiger partial charge in [-0.1, -0.05) is 36.4 Å². The Balaban J connectivity index is 1.20. The first-order valence-electron chi connectivity index (χ1n) is 11.7. The Labute approximate surface area is 212 Å². The van der Waals surface area contributed by atoms with Gasteiger partial charge in [0.15, 0.2) is 0 Å². The van der Waals surface area contributed by atoms with Gasteiger partial charge in [0.1, 0.15) is 29.0 Å². The number of carbonyl (C=O) groups excluding carboxylic acids is 1. The number of nitrogens with one attached hydrogen (secondary N) is 2. The van der Waals surface area contributed by atoms with E-state index in [4.69, 9.17) is 10.2 Å². The van der Waals surface area contributed by atoms with Crippen molar-refractivity contribution < 1.29 is 9.21 Å². The average molecular weight is 487 g/mol. The number of rotatable bonds is 6. The number of nitrogens with zero attached hydrogens (tertiary/aromatic N) is 3. The molecule has 0 aliphatic rings. The lowest BCUT2D eigenvalue weighted by molar-refractivity contribution is 0.102. The maximum atomic E-state index is 12.5. The molecule has 3 aromatic heterocycles. The van der Waals surface area contributed by atoms with E-state index in [-0.39, 0.29) is 5.91 Å². The molecule has 0 unspecified atom stereocenters. The molecule has 4 N–H and O–H groups in total. The van der Waals surface area contributed by atoms with E-state index in [0.717, 1.165) is 44.4 Å². The number of fused-ring (bicyclic) bond motifs is 3. The Morgan fingerprint density at radius 3 is 2.46 bits per heavy atom. The van der Waals surface area contributed by atoms with Crippen molar-refractivity contribution >= 4 is 45.0 Å². The molecular weight excluding hydrogens is 464 g/mol. The first kappa shape index (κ1) is 22.4. The summed E-state index contributed by atoms with van der Waals surface area (Å²) < 4.78 is 6.16. The number of aromatic nitrogens is 3. The topological polar surface area (TPSA) is 119 Å². The molecule has 0 aliphatic heterocycles. The Morgan fingerprint density at radius 2 is 1.65 bits per heavy atom. The maximum absolute atomic E-state index is 12.5. The first-order chi connectivity index (χ1) is 18.2. The molecular formula is C29H22N6O2. The van der Waals surface area contributed by atoms with Gasteiger partial charge in [0.25, 0.3) is 5.91 Å². The summed E-state index contributed by atoms with van der Waals surface area (Å²) in [5.74, 6) is 0.351. The van der Waals surface area contributed by atoms with Crippen LogP contribution in [0.4, 0.5) is 17.2 Å². The minimum Gasteiger partial charge on any atom is -0.455 e. The molecule has 0 saturated carbocycles. The Kier molecular flexibility index (Phi) is 5.76. The number of hydrogen-bond donors (Lipinski definition) is 3. The van der Waals surface area contributed by atoms with E-state index in [9.17, 15) is 4.79 Å². The van der Waals surface area contributed by atoms with Crippen LogP contribution in [0.15, 0.2) is 102 Å². The Morgan fingerprint density at radius 1 is 0.838 bits per heavy atom. The minimum absolute atomic E-state index is 0.288. The minimum atomic E-state index is -0.288. The predicted octanol–water partition coefficient (Wildman–Crippen LogP) is 5.89. The van der Waals surface area contributed by atoms with Crippen LogP contribution in [0.1, 0.15) is 16.1 Å². The molecule has 3 aromatic carbocycles. The fourth-order valence-electron chi connectivity index (χ4n) is 4.18. The second kappa shape index (κ2) is 9.52. The van der Waals surface area contributed by atoms with Crippen molar-refractivity contribution in [2.75, 3.05) is 10.6 Å². The highest BCUT2D eigenvalue weighted by atomic mass is 16.3. The summed E-state index contributed by atoms with van der Waals surface area (Å²) in [5.41, 5.74) is 11.5. The number of amides is 1. The summed E-state index contributed by atoms with van der Waals surface area (Å²) in [5, 5.41) is 8.26. The zero-order chi connectivity index (χ0) is 25.2. The standard InChI is InChI=1S/C29H22N6O2/c30-15-18-8-13-24(31-16-18)29(36)35-20-11-9-19(10-12-20)34-27-14-25(32-17-33-27)23-6-3-5-22-21-4-1-2-7-26(21)37-28(22)23/h1-14,16-17H,15,30H2,(H,35,36)(H,32,33,34). The Bertz CT molecular complexity index is 1730. The Hall–Kier alpha value is -5.08. The second-order valence-corrected chi connectivity index (χ2v) is 8.48. The monoisotopic (exact) mass is 486 g/mol. The van der Waals surface area contributed by atoms with Crippen LogP contribution < -0.4 is 16.4 Å². The smallest absolute Gasteiger partial charge is 0.274 e. The number of nitrogens with two attached hydrogens (primary N) is 1. The molecule has 0 bridgehead atoms. The molecule has 0 fully saturated rings. The van der Waals surface area contributed by atoms with Crippen molar-refractivity contribution in [3.63, 3.8) is 0 Å². The van der Waals surface area contributed by atoms with Crippen LogP contribution in [0.5, 0.6) is 0 Å². The van der Waals surface area contributed by atoms with E-state index in [2.05, 4.69) is 37.7 Å². The summed E-state index contributed by atoms with van der Waals surface area (Å²) in [7, 11) is 0. The van der Waals surface area contributed by atoms with Crippen molar-refractivity contribution in [3.05, 3.63) is 109 Å². The maximum Gasteiger partial charge on any atom is 0.274 e. The van der Waals surface area contributed by atoms with Crippen LogP contribution in [-0.2, 0) is 6.54 Å². The zero-order valence-corrected chi connectivity index (χ0v) is 19.7. The van der Waals surface area contributed by atoms with Gasteiger partial charge in [0, 0.05) is 46.5 Å². The van der Waals surface area contributed by atoms with Crippen LogP contribution in [0.2, 0.25) is 0 Å². The van der Waals surface area contributed by atoms with Gasteiger partial charge in [0.2, 0.25) is 0 Å². The number of pyridine rings is 1. The molecule has 37 heavy (non-hydrogen) atoms. The van der Waals surface area contributed by atoms with Crippen molar-refractivity contribution in [1.82, 2.24) is 15.0 Å². The van der Waals surface area contributed by atoms with Gasteiger partial charge in [-0.2, -0.15) is 0 Å². The third-order valence-electron chi connectivity index (χ3n) is 6.06.